The second kappa shape index (κ2) is 8.82. The predicted octanol–water partition coefficient (Wildman–Crippen LogP) is 3.41. The maximum absolute atomic E-state index is 12.6. The lowest BCUT2D eigenvalue weighted by Crippen LogP contribution is -2.24. The molecule has 140 valence electrons. The molecule has 0 aliphatic rings. The number of ether oxygens (including phenoxy) is 1. The van der Waals surface area contributed by atoms with Gasteiger partial charge in [0.25, 0.3) is 5.91 Å². The molecule has 2 N–H and O–H groups in total. The minimum Gasteiger partial charge on any atom is -0.489 e. The fourth-order valence-electron chi connectivity index (χ4n) is 2.25. The largest absolute Gasteiger partial charge is 0.489 e. The number of hydrogen-bond acceptors (Lipinski definition) is 4. The SMILES string of the molecule is CCCNS(=O)(=O)c1cccc(C(=O)Nc2ccccc2OC(C)C)c1. The van der Waals surface area contributed by atoms with Crippen LogP contribution in [0, 0.1) is 0 Å². The van der Waals surface area contributed by atoms with Gasteiger partial charge in [-0.2, -0.15) is 0 Å². The number of carbonyl (C=O) groups excluding carboxylic acids is 1. The van der Waals surface area contributed by atoms with Crippen LogP contribution < -0.4 is 14.8 Å². The van der Waals surface area contributed by atoms with E-state index in [9.17, 15) is 13.2 Å². The standard InChI is InChI=1S/C19H24N2O4S/c1-4-12-20-26(23,24)16-9-7-8-15(13-16)19(22)21-17-10-5-6-11-18(17)25-14(2)3/h5-11,13-14,20H,4,12H2,1-3H3,(H,21,22). The van der Waals surface area contributed by atoms with E-state index in [4.69, 9.17) is 4.74 Å². The van der Waals surface area contributed by atoms with Gasteiger partial charge in [-0.1, -0.05) is 25.1 Å². The lowest BCUT2D eigenvalue weighted by atomic mass is 10.2. The van der Waals surface area contributed by atoms with E-state index in [1.165, 1.54) is 12.1 Å². The van der Waals surface area contributed by atoms with Gasteiger partial charge in [-0.15, -0.1) is 0 Å². The predicted molar refractivity (Wildman–Crippen MR) is 102 cm³/mol. The maximum Gasteiger partial charge on any atom is 0.255 e. The van der Waals surface area contributed by atoms with E-state index < -0.39 is 15.9 Å². The van der Waals surface area contributed by atoms with E-state index in [0.717, 1.165) is 0 Å². The Balaban J connectivity index is 2.23. The highest BCUT2D eigenvalue weighted by Crippen LogP contribution is 2.25. The molecule has 0 aliphatic heterocycles. The minimum absolute atomic E-state index is 0.0360. The van der Waals surface area contributed by atoms with Crippen LogP contribution in [0.1, 0.15) is 37.6 Å². The van der Waals surface area contributed by atoms with Gasteiger partial charge in [-0.3, -0.25) is 4.79 Å². The third-order valence-corrected chi connectivity index (χ3v) is 4.91. The number of hydrogen-bond donors (Lipinski definition) is 2. The van der Waals surface area contributed by atoms with E-state index in [2.05, 4.69) is 10.0 Å². The molecule has 6 nitrogen and oxygen atoms in total. The zero-order chi connectivity index (χ0) is 19.2. The van der Waals surface area contributed by atoms with Crippen molar-refractivity contribution in [2.75, 3.05) is 11.9 Å². The second-order valence-corrected chi connectivity index (χ2v) is 7.81. The molecule has 0 aromatic heterocycles. The number of sulfonamides is 1. The van der Waals surface area contributed by atoms with Gasteiger partial charge in [0.1, 0.15) is 5.75 Å². The quantitative estimate of drug-likeness (QED) is 0.739. The van der Waals surface area contributed by atoms with E-state index in [1.807, 2.05) is 26.8 Å². The van der Waals surface area contributed by atoms with Gasteiger partial charge in [-0.25, -0.2) is 13.1 Å². The number of amides is 1. The fourth-order valence-corrected chi connectivity index (χ4v) is 3.42. The molecule has 0 heterocycles. The van der Waals surface area contributed by atoms with Gasteiger partial charge in [-0.05, 0) is 50.6 Å². The molecule has 0 radical (unpaired) electrons. The first-order valence-electron chi connectivity index (χ1n) is 8.50. The van der Waals surface area contributed by atoms with Crippen molar-refractivity contribution in [3.63, 3.8) is 0 Å². The van der Waals surface area contributed by atoms with Crippen LogP contribution in [0.4, 0.5) is 5.69 Å². The summed E-state index contributed by atoms with van der Waals surface area (Å²) in [4.78, 5) is 12.6. The number of nitrogens with one attached hydrogen (secondary N) is 2. The van der Waals surface area contributed by atoms with Gasteiger partial charge in [0.15, 0.2) is 0 Å². The number of anilines is 1. The Labute approximate surface area is 154 Å². The second-order valence-electron chi connectivity index (χ2n) is 6.04. The van der Waals surface area contributed by atoms with E-state index >= 15 is 0 Å². The summed E-state index contributed by atoms with van der Waals surface area (Å²) in [5.41, 5.74) is 0.785. The first-order chi connectivity index (χ1) is 12.3. The summed E-state index contributed by atoms with van der Waals surface area (Å²) in [6.45, 7) is 6.02. The summed E-state index contributed by atoms with van der Waals surface area (Å²) in [6, 6.07) is 13.1. The topological polar surface area (TPSA) is 84.5 Å². The highest BCUT2D eigenvalue weighted by Gasteiger charge is 2.16. The third kappa shape index (κ3) is 5.31. The summed E-state index contributed by atoms with van der Waals surface area (Å²) in [5.74, 6) is 0.154. The first-order valence-corrected chi connectivity index (χ1v) is 9.98. The smallest absolute Gasteiger partial charge is 0.255 e. The van der Waals surface area contributed by atoms with Crippen molar-refractivity contribution in [3.05, 3.63) is 54.1 Å². The molecule has 7 heteroatoms. The van der Waals surface area contributed by atoms with Gasteiger partial charge in [0, 0.05) is 12.1 Å². The number of para-hydroxylation sites is 2. The molecule has 2 aromatic rings. The molecule has 0 bridgehead atoms. The molecule has 0 atom stereocenters. The van der Waals surface area contributed by atoms with Crippen molar-refractivity contribution in [1.29, 1.82) is 0 Å². The average Bonchev–Trinajstić information content (AvgIpc) is 2.61. The monoisotopic (exact) mass is 376 g/mol. The summed E-state index contributed by atoms with van der Waals surface area (Å²) in [6.07, 6.45) is 0.651. The van der Waals surface area contributed by atoms with E-state index in [0.29, 0.717) is 24.4 Å². The lowest BCUT2D eigenvalue weighted by Gasteiger charge is -2.15. The molecule has 2 aromatic carbocycles. The van der Waals surface area contributed by atoms with Crippen LogP contribution in [0.2, 0.25) is 0 Å². The van der Waals surface area contributed by atoms with Crippen LogP contribution in [0.3, 0.4) is 0 Å². The molecule has 2 rings (SSSR count). The van der Waals surface area contributed by atoms with E-state index in [1.54, 1.807) is 30.3 Å². The van der Waals surface area contributed by atoms with Crippen LogP contribution in [0.5, 0.6) is 5.75 Å². The van der Waals surface area contributed by atoms with Gasteiger partial charge < -0.3 is 10.1 Å². The van der Waals surface area contributed by atoms with Crippen LogP contribution in [-0.2, 0) is 10.0 Å². The van der Waals surface area contributed by atoms with Crippen molar-refractivity contribution in [1.82, 2.24) is 4.72 Å². The maximum atomic E-state index is 12.6. The van der Waals surface area contributed by atoms with Crippen LogP contribution in [0.15, 0.2) is 53.4 Å². The summed E-state index contributed by atoms with van der Waals surface area (Å²) in [5, 5.41) is 2.77. The number of benzene rings is 2. The molecule has 0 unspecified atom stereocenters. The lowest BCUT2D eigenvalue weighted by molar-refractivity contribution is 0.102. The Hall–Kier alpha value is -2.38. The van der Waals surface area contributed by atoms with Crippen molar-refractivity contribution in [2.24, 2.45) is 0 Å². The van der Waals surface area contributed by atoms with Gasteiger partial charge in [0.05, 0.1) is 16.7 Å². The molecular formula is C19H24N2O4S. The average molecular weight is 376 g/mol. The Bertz CT molecular complexity index is 863. The first kappa shape index (κ1) is 19.9. The molecule has 0 spiro atoms. The molecule has 26 heavy (non-hydrogen) atoms. The highest BCUT2D eigenvalue weighted by atomic mass is 32.2. The Kier molecular flexibility index (Phi) is 6.76. The van der Waals surface area contributed by atoms with Crippen molar-refractivity contribution in [3.8, 4) is 5.75 Å². The molecule has 0 saturated carbocycles. The Morgan fingerprint density at radius 3 is 2.54 bits per heavy atom. The zero-order valence-electron chi connectivity index (χ0n) is 15.2. The van der Waals surface area contributed by atoms with Crippen molar-refractivity contribution >= 4 is 21.6 Å². The summed E-state index contributed by atoms with van der Waals surface area (Å²) < 4.78 is 32.6. The molecular weight excluding hydrogens is 352 g/mol. The van der Waals surface area contributed by atoms with Crippen molar-refractivity contribution in [2.45, 2.75) is 38.2 Å². The van der Waals surface area contributed by atoms with Gasteiger partial charge in [0.2, 0.25) is 10.0 Å². The van der Waals surface area contributed by atoms with E-state index in [-0.39, 0.29) is 16.6 Å². The molecule has 0 saturated heterocycles. The summed E-state index contributed by atoms with van der Waals surface area (Å²) in [7, 11) is -3.63. The normalized spacial score (nSPS) is 11.4. The zero-order valence-corrected chi connectivity index (χ0v) is 16.0. The molecule has 1 amide bonds. The third-order valence-electron chi connectivity index (χ3n) is 3.45. The Morgan fingerprint density at radius 2 is 1.85 bits per heavy atom. The fraction of sp³-hybridized carbons (Fsp3) is 0.316. The van der Waals surface area contributed by atoms with Crippen LogP contribution >= 0.6 is 0 Å². The van der Waals surface area contributed by atoms with Crippen LogP contribution in [-0.4, -0.2) is 27.0 Å². The highest BCUT2D eigenvalue weighted by molar-refractivity contribution is 7.89. The number of rotatable bonds is 8. The van der Waals surface area contributed by atoms with Crippen molar-refractivity contribution < 1.29 is 17.9 Å². The van der Waals surface area contributed by atoms with Gasteiger partial charge >= 0.3 is 0 Å². The Morgan fingerprint density at radius 1 is 1.12 bits per heavy atom. The number of carbonyl (C=O) groups is 1. The molecule has 0 aliphatic carbocycles. The minimum atomic E-state index is -3.63. The summed E-state index contributed by atoms with van der Waals surface area (Å²) >= 11 is 0. The van der Waals surface area contributed by atoms with Crippen LogP contribution in [0.25, 0.3) is 0 Å². The molecule has 0 fully saturated rings.